The Kier molecular flexibility index (Phi) is 2.29. The Hall–Kier alpha value is -1.85. The molecule has 1 fully saturated rings. The summed E-state index contributed by atoms with van der Waals surface area (Å²) < 4.78 is 0. The lowest BCUT2D eigenvalue weighted by atomic mass is 9.82. The standard InChI is InChI=1S/C14H19N5O/c1-7-5-4-6-9-10(7)17-14-18(3)13(20)11-12(19(9)14)16-8(2)15-11/h7,9-10H,4-6H2,1-3H3,(H,15,16). The molecule has 0 saturated heterocycles. The van der Waals surface area contributed by atoms with Crippen LogP contribution in [0.4, 0.5) is 5.82 Å². The average Bonchev–Trinajstić information content (AvgIpc) is 2.97. The molecule has 3 aliphatic rings. The SMILES string of the molecule is Cc1nc2c([nH]1)C(=O)N(C)C1=NC3C(C)CCCC3N12. The molecule has 0 bridgehead atoms. The van der Waals surface area contributed by atoms with Crippen LogP contribution in [0.15, 0.2) is 4.99 Å². The minimum atomic E-state index is -0.0399. The van der Waals surface area contributed by atoms with Crippen LogP contribution in [-0.2, 0) is 0 Å². The Labute approximate surface area is 117 Å². The van der Waals surface area contributed by atoms with Crippen molar-refractivity contribution in [3.63, 3.8) is 0 Å². The lowest BCUT2D eigenvalue weighted by Gasteiger charge is -2.38. The highest BCUT2D eigenvalue weighted by Crippen LogP contribution is 2.40. The molecule has 1 aliphatic carbocycles. The van der Waals surface area contributed by atoms with Crippen LogP contribution >= 0.6 is 0 Å². The van der Waals surface area contributed by atoms with Crippen LogP contribution in [0, 0.1) is 12.8 Å². The second kappa shape index (κ2) is 3.84. The summed E-state index contributed by atoms with van der Waals surface area (Å²) in [5, 5.41) is 0. The molecule has 6 heteroatoms. The predicted octanol–water partition coefficient (Wildman–Crippen LogP) is 1.54. The Morgan fingerprint density at radius 3 is 2.95 bits per heavy atom. The van der Waals surface area contributed by atoms with Crippen LogP contribution < -0.4 is 4.90 Å². The number of nitrogens with one attached hydrogen (secondary N) is 1. The number of aliphatic imine (C=N–C) groups is 1. The van der Waals surface area contributed by atoms with Gasteiger partial charge in [0.1, 0.15) is 11.5 Å². The number of aromatic amines is 1. The van der Waals surface area contributed by atoms with Crippen LogP contribution in [0.5, 0.6) is 0 Å². The number of imidazole rings is 1. The summed E-state index contributed by atoms with van der Waals surface area (Å²) in [5.41, 5.74) is 0.600. The van der Waals surface area contributed by atoms with Gasteiger partial charge in [0.05, 0.1) is 12.1 Å². The van der Waals surface area contributed by atoms with Crippen molar-refractivity contribution in [1.82, 2.24) is 14.9 Å². The van der Waals surface area contributed by atoms with Crippen LogP contribution in [0.25, 0.3) is 0 Å². The molecule has 0 spiro atoms. The Morgan fingerprint density at radius 1 is 1.35 bits per heavy atom. The van der Waals surface area contributed by atoms with Crippen LogP contribution in [0.1, 0.15) is 42.5 Å². The molecule has 3 heterocycles. The lowest BCUT2D eigenvalue weighted by molar-refractivity contribution is 0.0859. The zero-order valence-corrected chi connectivity index (χ0v) is 12.1. The summed E-state index contributed by atoms with van der Waals surface area (Å²) in [6.07, 6.45) is 3.56. The van der Waals surface area contributed by atoms with E-state index >= 15 is 0 Å². The molecule has 20 heavy (non-hydrogen) atoms. The maximum Gasteiger partial charge on any atom is 0.280 e. The smallest absolute Gasteiger partial charge is 0.280 e. The summed E-state index contributed by atoms with van der Waals surface area (Å²) in [6.45, 7) is 4.15. The van der Waals surface area contributed by atoms with E-state index in [1.807, 2.05) is 6.92 Å². The number of rotatable bonds is 0. The number of H-pyrrole nitrogens is 1. The molecular weight excluding hydrogens is 254 g/mol. The number of fused-ring (bicyclic) bond motifs is 5. The molecule has 2 aliphatic heterocycles. The number of hydrogen-bond acceptors (Lipinski definition) is 4. The van der Waals surface area contributed by atoms with Gasteiger partial charge in [-0.25, -0.2) is 9.98 Å². The van der Waals surface area contributed by atoms with Gasteiger partial charge < -0.3 is 4.98 Å². The molecule has 106 valence electrons. The van der Waals surface area contributed by atoms with Gasteiger partial charge in [0.15, 0.2) is 5.82 Å². The van der Waals surface area contributed by atoms with Crippen LogP contribution in [-0.4, -0.2) is 45.9 Å². The molecule has 1 N–H and O–H groups in total. The Bertz CT molecular complexity index is 619. The van der Waals surface area contributed by atoms with Gasteiger partial charge >= 0.3 is 0 Å². The first-order chi connectivity index (χ1) is 9.58. The summed E-state index contributed by atoms with van der Waals surface area (Å²) >= 11 is 0. The van der Waals surface area contributed by atoms with E-state index in [0.29, 0.717) is 17.7 Å². The number of anilines is 1. The van der Waals surface area contributed by atoms with Gasteiger partial charge in [-0.3, -0.25) is 14.6 Å². The highest BCUT2D eigenvalue weighted by atomic mass is 16.2. The molecule has 1 saturated carbocycles. The summed E-state index contributed by atoms with van der Waals surface area (Å²) in [5.74, 6) is 2.86. The second-order valence-electron chi connectivity index (χ2n) is 6.15. The molecule has 1 aromatic heterocycles. The van der Waals surface area contributed by atoms with Crippen molar-refractivity contribution >= 4 is 17.7 Å². The third-order valence-electron chi connectivity index (χ3n) is 4.80. The van der Waals surface area contributed by atoms with E-state index in [-0.39, 0.29) is 11.9 Å². The van der Waals surface area contributed by atoms with E-state index in [2.05, 4.69) is 21.8 Å². The molecule has 0 aromatic carbocycles. The largest absolute Gasteiger partial charge is 0.336 e. The lowest BCUT2D eigenvalue weighted by Crippen LogP contribution is -2.53. The number of aromatic nitrogens is 2. The van der Waals surface area contributed by atoms with E-state index in [0.717, 1.165) is 24.0 Å². The van der Waals surface area contributed by atoms with Crippen molar-refractivity contribution in [3.8, 4) is 0 Å². The molecule has 4 rings (SSSR count). The number of nitrogens with zero attached hydrogens (tertiary/aromatic N) is 4. The van der Waals surface area contributed by atoms with Gasteiger partial charge in [0.25, 0.3) is 5.91 Å². The van der Waals surface area contributed by atoms with Crippen LogP contribution in [0.3, 0.4) is 0 Å². The number of carbonyl (C=O) groups is 1. The molecule has 3 atom stereocenters. The summed E-state index contributed by atoms with van der Waals surface area (Å²) in [4.78, 5) is 28.7. The highest BCUT2D eigenvalue weighted by molar-refractivity contribution is 6.18. The number of amides is 1. The zero-order chi connectivity index (χ0) is 14.0. The maximum absolute atomic E-state index is 12.4. The normalized spacial score (nSPS) is 31.9. The topological polar surface area (TPSA) is 64.6 Å². The van der Waals surface area contributed by atoms with Gasteiger partial charge in [-0.15, -0.1) is 0 Å². The van der Waals surface area contributed by atoms with E-state index in [9.17, 15) is 4.79 Å². The van der Waals surface area contributed by atoms with Crippen molar-refractivity contribution in [1.29, 1.82) is 0 Å². The van der Waals surface area contributed by atoms with Crippen molar-refractivity contribution in [2.75, 3.05) is 11.9 Å². The van der Waals surface area contributed by atoms with Crippen molar-refractivity contribution in [2.45, 2.75) is 45.2 Å². The molecule has 6 nitrogen and oxygen atoms in total. The van der Waals surface area contributed by atoms with Gasteiger partial charge in [-0.1, -0.05) is 13.3 Å². The van der Waals surface area contributed by atoms with Gasteiger partial charge in [0.2, 0.25) is 5.96 Å². The maximum atomic E-state index is 12.4. The highest BCUT2D eigenvalue weighted by Gasteiger charge is 2.48. The van der Waals surface area contributed by atoms with Crippen molar-refractivity contribution in [3.05, 3.63) is 11.5 Å². The monoisotopic (exact) mass is 273 g/mol. The Balaban J connectivity index is 1.87. The quantitative estimate of drug-likeness (QED) is 0.779. The van der Waals surface area contributed by atoms with Gasteiger partial charge in [-0.2, -0.15) is 0 Å². The Morgan fingerprint density at radius 2 is 2.15 bits per heavy atom. The van der Waals surface area contributed by atoms with Gasteiger partial charge in [-0.05, 0) is 25.7 Å². The molecule has 1 amide bonds. The third kappa shape index (κ3) is 1.36. The summed E-state index contributed by atoms with van der Waals surface area (Å²) in [7, 11) is 1.80. The molecule has 0 radical (unpaired) electrons. The first-order valence-electron chi connectivity index (χ1n) is 7.29. The number of aryl methyl sites for hydroxylation is 1. The van der Waals surface area contributed by atoms with E-state index < -0.39 is 0 Å². The molecule has 1 aromatic rings. The second-order valence-corrected chi connectivity index (χ2v) is 6.15. The van der Waals surface area contributed by atoms with E-state index in [1.165, 1.54) is 12.8 Å². The number of hydrogen-bond donors (Lipinski definition) is 1. The number of carbonyl (C=O) groups excluding carboxylic acids is 1. The first-order valence-corrected chi connectivity index (χ1v) is 7.29. The fourth-order valence-corrected chi connectivity index (χ4v) is 3.77. The van der Waals surface area contributed by atoms with E-state index in [4.69, 9.17) is 4.99 Å². The minimum absolute atomic E-state index is 0.0399. The summed E-state index contributed by atoms with van der Waals surface area (Å²) in [6, 6.07) is 0.641. The third-order valence-corrected chi connectivity index (χ3v) is 4.80. The molecular formula is C14H19N5O. The van der Waals surface area contributed by atoms with Crippen LogP contribution in [0.2, 0.25) is 0 Å². The number of guanidine groups is 1. The fourth-order valence-electron chi connectivity index (χ4n) is 3.77. The fraction of sp³-hybridized carbons (Fsp3) is 0.643. The zero-order valence-electron chi connectivity index (χ0n) is 12.1. The first kappa shape index (κ1) is 11.9. The minimum Gasteiger partial charge on any atom is -0.336 e. The van der Waals surface area contributed by atoms with Gasteiger partial charge in [0, 0.05) is 7.05 Å². The predicted molar refractivity (Wildman–Crippen MR) is 75.9 cm³/mol. The average molecular weight is 273 g/mol. The van der Waals surface area contributed by atoms with Crippen molar-refractivity contribution in [2.24, 2.45) is 10.9 Å². The van der Waals surface area contributed by atoms with Crippen molar-refractivity contribution < 1.29 is 4.79 Å². The van der Waals surface area contributed by atoms with E-state index in [1.54, 1.807) is 11.9 Å². The molecule has 3 unspecified atom stereocenters.